The summed E-state index contributed by atoms with van der Waals surface area (Å²) in [5, 5.41) is 6.24. The van der Waals surface area contributed by atoms with Gasteiger partial charge in [-0.25, -0.2) is 0 Å². The molecule has 2 aliphatic heterocycles. The van der Waals surface area contributed by atoms with Crippen molar-refractivity contribution in [2.24, 2.45) is 0 Å². The van der Waals surface area contributed by atoms with Gasteiger partial charge in [-0.3, -0.25) is 9.69 Å². The molecular formula is C15H22ClN3O3. The zero-order valence-electron chi connectivity index (χ0n) is 12.6. The number of carbonyl (C=O) groups is 1. The minimum Gasteiger partial charge on any atom is -0.486 e. The number of carbonyl (C=O) groups excluding carboxylic acids is 1. The smallest absolute Gasteiger partial charge is 0.238 e. The Kier molecular flexibility index (Phi) is 5.88. The lowest BCUT2D eigenvalue weighted by atomic mass is 10.2. The third-order valence-corrected chi connectivity index (χ3v) is 3.81. The second-order valence-corrected chi connectivity index (χ2v) is 5.43. The van der Waals surface area contributed by atoms with Gasteiger partial charge in [-0.1, -0.05) is 0 Å². The highest BCUT2D eigenvalue weighted by atomic mass is 35.5. The van der Waals surface area contributed by atoms with Gasteiger partial charge in [0.05, 0.1) is 6.54 Å². The van der Waals surface area contributed by atoms with E-state index in [-0.39, 0.29) is 18.3 Å². The minimum absolute atomic E-state index is 0. The maximum Gasteiger partial charge on any atom is 0.238 e. The number of nitrogens with zero attached hydrogens (tertiary/aromatic N) is 1. The van der Waals surface area contributed by atoms with Gasteiger partial charge in [0.1, 0.15) is 13.2 Å². The van der Waals surface area contributed by atoms with Crippen molar-refractivity contribution in [1.82, 2.24) is 10.2 Å². The number of rotatable bonds is 3. The van der Waals surface area contributed by atoms with Gasteiger partial charge >= 0.3 is 0 Å². The Morgan fingerprint density at radius 2 is 2.14 bits per heavy atom. The highest BCUT2D eigenvalue weighted by Gasteiger charge is 2.20. The van der Waals surface area contributed by atoms with E-state index in [9.17, 15) is 4.79 Å². The van der Waals surface area contributed by atoms with Crippen LogP contribution in [0.15, 0.2) is 18.2 Å². The monoisotopic (exact) mass is 327 g/mol. The highest BCUT2D eigenvalue weighted by Crippen LogP contribution is 2.32. The van der Waals surface area contributed by atoms with Crippen molar-refractivity contribution < 1.29 is 14.3 Å². The number of fused-ring (bicyclic) bond motifs is 1. The van der Waals surface area contributed by atoms with Crippen LogP contribution in [0.5, 0.6) is 11.5 Å². The molecule has 0 saturated carbocycles. The summed E-state index contributed by atoms with van der Waals surface area (Å²) in [5.41, 5.74) is 0.743. The van der Waals surface area contributed by atoms with Crippen LogP contribution in [0.25, 0.3) is 0 Å². The first kappa shape index (κ1) is 16.9. The first-order valence-corrected chi connectivity index (χ1v) is 7.36. The van der Waals surface area contributed by atoms with Gasteiger partial charge in [0.2, 0.25) is 5.91 Å². The Morgan fingerprint density at radius 1 is 1.36 bits per heavy atom. The molecule has 1 amide bonds. The van der Waals surface area contributed by atoms with E-state index in [0.29, 0.717) is 31.5 Å². The summed E-state index contributed by atoms with van der Waals surface area (Å²) in [4.78, 5) is 14.3. The van der Waals surface area contributed by atoms with Crippen LogP contribution in [0.3, 0.4) is 0 Å². The second kappa shape index (κ2) is 7.67. The van der Waals surface area contributed by atoms with Gasteiger partial charge in [0.15, 0.2) is 11.5 Å². The molecule has 1 aromatic carbocycles. The van der Waals surface area contributed by atoms with Crippen molar-refractivity contribution in [1.29, 1.82) is 0 Å². The van der Waals surface area contributed by atoms with E-state index in [1.807, 2.05) is 18.2 Å². The molecule has 1 atom stereocenters. The zero-order valence-corrected chi connectivity index (χ0v) is 13.4. The van der Waals surface area contributed by atoms with Gasteiger partial charge in [0, 0.05) is 37.4 Å². The van der Waals surface area contributed by atoms with Crippen LogP contribution in [-0.4, -0.2) is 56.2 Å². The molecule has 0 spiro atoms. The number of anilines is 1. The van der Waals surface area contributed by atoms with E-state index in [1.54, 1.807) is 0 Å². The fourth-order valence-electron chi connectivity index (χ4n) is 2.62. The van der Waals surface area contributed by atoms with Crippen LogP contribution in [0.1, 0.15) is 6.92 Å². The SMILES string of the molecule is C[C@@H]1CNCCN1CC(=O)Nc1ccc2c(c1)OCCO2.Cl. The number of hydrogen-bond donors (Lipinski definition) is 2. The van der Waals surface area contributed by atoms with E-state index < -0.39 is 0 Å². The molecule has 6 nitrogen and oxygen atoms in total. The number of ether oxygens (including phenoxy) is 2. The Hall–Kier alpha value is -1.50. The number of hydrogen-bond acceptors (Lipinski definition) is 5. The van der Waals surface area contributed by atoms with E-state index in [2.05, 4.69) is 22.5 Å². The second-order valence-electron chi connectivity index (χ2n) is 5.43. The molecule has 0 radical (unpaired) electrons. The third kappa shape index (κ3) is 4.03. The van der Waals surface area contributed by atoms with Gasteiger partial charge < -0.3 is 20.1 Å². The Morgan fingerprint density at radius 3 is 2.91 bits per heavy atom. The molecule has 2 heterocycles. The van der Waals surface area contributed by atoms with Crippen molar-refractivity contribution in [3.63, 3.8) is 0 Å². The number of benzene rings is 1. The van der Waals surface area contributed by atoms with E-state index in [1.165, 1.54) is 0 Å². The van der Waals surface area contributed by atoms with Crippen LogP contribution in [0.4, 0.5) is 5.69 Å². The highest BCUT2D eigenvalue weighted by molar-refractivity contribution is 5.92. The van der Waals surface area contributed by atoms with E-state index >= 15 is 0 Å². The number of amides is 1. The van der Waals surface area contributed by atoms with Gasteiger partial charge in [0.25, 0.3) is 0 Å². The molecule has 0 unspecified atom stereocenters. The summed E-state index contributed by atoms with van der Waals surface area (Å²) in [6, 6.07) is 5.86. The van der Waals surface area contributed by atoms with Crippen LogP contribution in [-0.2, 0) is 4.79 Å². The lowest BCUT2D eigenvalue weighted by molar-refractivity contribution is -0.118. The molecule has 2 aliphatic rings. The summed E-state index contributed by atoms with van der Waals surface area (Å²) in [6.07, 6.45) is 0. The molecule has 2 N–H and O–H groups in total. The zero-order chi connectivity index (χ0) is 14.7. The Labute approximate surface area is 136 Å². The van der Waals surface area contributed by atoms with Gasteiger partial charge in [-0.15, -0.1) is 12.4 Å². The molecular weight excluding hydrogens is 306 g/mol. The summed E-state index contributed by atoms with van der Waals surface area (Å²) in [5.74, 6) is 1.42. The van der Waals surface area contributed by atoms with E-state index in [0.717, 1.165) is 31.1 Å². The van der Waals surface area contributed by atoms with Crippen molar-refractivity contribution in [2.75, 3.05) is 44.7 Å². The molecule has 1 fully saturated rings. The molecule has 22 heavy (non-hydrogen) atoms. The van der Waals surface area contributed by atoms with E-state index in [4.69, 9.17) is 9.47 Å². The van der Waals surface area contributed by atoms with Crippen LogP contribution in [0.2, 0.25) is 0 Å². The third-order valence-electron chi connectivity index (χ3n) is 3.81. The maximum atomic E-state index is 12.1. The van der Waals surface area contributed by atoms with Crippen molar-refractivity contribution in [3.8, 4) is 11.5 Å². The molecule has 1 saturated heterocycles. The normalized spacial score (nSPS) is 20.9. The molecule has 122 valence electrons. The summed E-state index contributed by atoms with van der Waals surface area (Å²) in [7, 11) is 0. The quantitative estimate of drug-likeness (QED) is 0.871. The van der Waals surface area contributed by atoms with Crippen LogP contribution >= 0.6 is 12.4 Å². The molecule has 7 heteroatoms. The molecule has 1 aromatic rings. The minimum atomic E-state index is 0. The predicted octanol–water partition coefficient (Wildman–Crippen LogP) is 1.11. The number of nitrogens with one attached hydrogen (secondary N) is 2. The lowest BCUT2D eigenvalue weighted by Gasteiger charge is -2.33. The largest absolute Gasteiger partial charge is 0.486 e. The summed E-state index contributed by atoms with van der Waals surface area (Å²) < 4.78 is 11.0. The van der Waals surface area contributed by atoms with Gasteiger partial charge in [-0.2, -0.15) is 0 Å². The number of halogens is 1. The lowest BCUT2D eigenvalue weighted by Crippen LogP contribution is -2.51. The summed E-state index contributed by atoms with van der Waals surface area (Å²) >= 11 is 0. The van der Waals surface area contributed by atoms with Crippen LogP contribution in [0, 0.1) is 0 Å². The number of piperazine rings is 1. The average molecular weight is 328 g/mol. The first-order chi connectivity index (χ1) is 10.2. The summed E-state index contributed by atoms with van der Waals surface area (Å²) in [6.45, 7) is 6.41. The molecule has 0 aromatic heterocycles. The van der Waals surface area contributed by atoms with Crippen molar-refractivity contribution >= 4 is 24.0 Å². The standard InChI is InChI=1S/C15H21N3O3.ClH/c1-11-9-16-4-5-18(11)10-15(19)17-12-2-3-13-14(8-12)21-7-6-20-13;/h2-3,8,11,16H,4-7,9-10H2,1H3,(H,17,19);1H/t11-;/m1./s1. The molecule has 0 bridgehead atoms. The van der Waals surface area contributed by atoms with Crippen molar-refractivity contribution in [3.05, 3.63) is 18.2 Å². The topological polar surface area (TPSA) is 62.8 Å². The fraction of sp³-hybridized carbons (Fsp3) is 0.533. The Bertz CT molecular complexity index is 527. The molecule has 0 aliphatic carbocycles. The first-order valence-electron chi connectivity index (χ1n) is 7.36. The fourth-order valence-corrected chi connectivity index (χ4v) is 2.62. The average Bonchev–Trinajstić information content (AvgIpc) is 2.49. The maximum absolute atomic E-state index is 12.1. The predicted molar refractivity (Wildman–Crippen MR) is 87.2 cm³/mol. The van der Waals surface area contributed by atoms with Crippen LogP contribution < -0.4 is 20.1 Å². The van der Waals surface area contributed by atoms with Gasteiger partial charge in [-0.05, 0) is 19.1 Å². The Balaban J connectivity index is 0.00000176. The molecule has 3 rings (SSSR count). The van der Waals surface area contributed by atoms with Crippen molar-refractivity contribution in [2.45, 2.75) is 13.0 Å².